The van der Waals surface area contributed by atoms with Crippen molar-refractivity contribution in [2.45, 2.75) is 49.3 Å². The van der Waals surface area contributed by atoms with Gasteiger partial charge in [-0.05, 0) is 67.9 Å². The molecule has 0 radical (unpaired) electrons. The van der Waals surface area contributed by atoms with E-state index < -0.39 is 0 Å². The Morgan fingerprint density at radius 3 is 2.44 bits per heavy atom. The van der Waals surface area contributed by atoms with Crippen LogP contribution in [-0.2, 0) is 5.75 Å². The lowest BCUT2D eigenvalue weighted by Gasteiger charge is -2.22. The van der Waals surface area contributed by atoms with E-state index >= 15 is 0 Å². The summed E-state index contributed by atoms with van der Waals surface area (Å²) >= 11 is 1.83. The maximum atomic E-state index is 12.5. The highest BCUT2D eigenvalue weighted by molar-refractivity contribution is 7.98. The zero-order chi connectivity index (χ0) is 17.2. The van der Waals surface area contributed by atoms with E-state index in [2.05, 4.69) is 48.6 Å². The van der Waals surface area contributed by atoms with Crippen molar-refractivity contribution in [2.24, 2.45) is 11.8 Å². The van der Waals surface area contributed by atoms with E-state index in [1.807, 2.05) is 23.9 Å². The monoisotopic (exact) mass is 351 g/mol. The Labute approximate surface area is 154 Å². The number of amides is 1. The summed E-state index contributed by atoms with van der Waals surface area (Å²) in [7, 11) is 0. The highest BCUT2D eigenvalue weighted by Crippen LogP contribution is 2.44. The minimum atomic E-state index is 0.0929. The molecule has 0 unspecified atom stereocenters. The van der Waals surface area contributed by atoms with Gasteiger partial charge in [0.15, 0.2) is 0 Å². The fourth-order valence-electron chi connectivity index (χ4n) is 4.23. The fraction of sp³-hybridized carbons (Fsp3) is 0.409. The number of carbonyl (C=O) groups is 1. The van der Waals surface area contributed by atoms with Gasteiger partial charge in [0.05, 0.1) is 0 Å². The van der Waals surface area contributed by atoms with Crippen molar-refractivity contribution in [3.8, 4) is 0 Å². The van der Waals surface area contributed by atoms with Crippen LogP contribution in [0.3, 0.4) is 0 Å². The zero-order valence-corrected chi connectivity index (χ0v) is 15.5. The molecule has 25 heavy (non-hydrogen) atoms. The summed E-state index contributed by atoms with van der Waals surface area (Å²) in [4.78, 5) is 13.8. The number of thioether (sulfide) groups is 1. The number of aryl methyl sites for hydroxylation is 1. The first-order valence-electron chi connectivity index (χ1n) is 9.26. The Morgan fingerprint density at radius 1 is 1.04 bits per heavy atom. The number of carbonyl (C=O) groups excluding carboxylic acids is 1. The van der Waals surface area contributed by atoms with Crippen molar-refractivity contribution < 1.29 is 4.79 Å². The molecule has 1 N–H and O–H groups in total. The van der Waals surface area contributed by atoms with Gasteiger partial charge < -0.3 is 5.32 Å². The first kappa shape index (κ1) is 16.7. The molecule has 2 saturated carbocycles. The Morgan fingerprint density at radius 2 is 1.80 bits per heavy atom. The van der Waals surface area contributed by atoms with Crippen LogP contribution in [0.15, 0.2) is 53.4 Å². The molecule has 2 fully saturated rings. The summed E-state index contributed by atoms with van der Waals surface area (Å²) in [6.45, 7) is 2.11. The van der Waals surface area contributed by atoms with Crippen LogP contribution in [-0.4, -0.2) is 11.9 Å². The third-order valence-corrected chi connectivity index (χ3v) is 6.78. The smallest absolute Gasteiger partial charge is 0.251 e. The quantitative estimate of drug-likeness (QED) is 0.750. The molecule has 0 aliphatic heterocycles. The summed E-state index contributed by atoms with van der Waals surface area (Å²) in [6.07, 6.45) is 5.16. The normalized spacial score (nSPS) is 24.4. The van der Waals surface area contributed by atoms with Gasteiger partial charge in [-0.1, -0.05) is 36.2 Å². The van der Waals surface area contributed by atoms with Gasteiger partial charge in [0, 0.05) is 22.3 Å². The van der Waals surface area contributed by atoms with Crippen LogP contribution < -0.4 is 5.32 Å². The van der Waals surface area contributed by atoms with Crippen LogP contribution in [0.25, 0.3) is 0 Å². The van der Waals surface area contributed by atoms with E-state index in [9.17, 15) is 4.79 Å². The summed E-state index contributed by atoms with van der Waals surface area (Å²) in [5.74, 6) is 2.60. The predicted octanol–water partition coefficient (Wildman–Crippen LogP) is 5.21. The molecule has 3 heteroatoms. The number of benzene rings is 2. The molecule has 0 spiro atoms. The van der Waals surface area contributed by atoms with E-state index in [-0.39, 0.29) is 5.91 Å². The molecule has 2 aliphatic rings. The summed E-state index contributed by atoms with van der Waals surface area (Å²) in [5, 5.41) is 3.27. The molecule has 130 valence electrons. The molecule has 1 amide bonds. The van der Waals surface area contributed by atoms with Crippen LogP contribution in [0.5, 0.6) is 0 Å². The maximum absolute atomic E-state index is 12.5. The molecule has 2 aromatic carbocycles. The molecule has 0 aromatic heterocycles. The summed E-state index contributed by atoms with van der Waals surface area (Å²) in [5.41, 5.74) is 3.32. The first-order chi connectivity index (χ1) is 12.2. The van der Waals surface area contributed by atoms with Crippen molar-refractivity contribution >= 4 is 17.7 Å². The van der Waals surface area contributed by atoms with E-state index in [4.69, 9.17) is 0 Å². The summed E-state index contributed by atoms with van der Waals surface area (Å²) in [6, 6.07) is 17.1. The van der Waals surface area contributed by atoms with Crippen molar-refractivity contribution in [3.05, 3.63) is 65.2 Å². The lowest BCUT2D eigenvalue weighted by atomic mass is 9.95. The van der Waals surface area contributed by atoms with E-state index in [1.54, 1.807) is 0 Å². The largest absolute Gasteiger partial charge is 0.349 e. The third kappa shape index (κ3) is 3.92. The Hall–Kier alpha value is -1.74. The number of nitrogens with one attached hydrogen (secondary N) is 1. The average Bonchev–Trinajstić information content (AvgIpc) is 3.25. The molecular weight excluding hydrogens is 326 g/mol. The molecule has 2 nitrogen and oxygen atoms in total. The van der Waals surface area contributed by atoms with Crippen molar-refractivity contribution in [1.29, 1.82) is 0 Å². The van der Waals surface area contributed by atoms with Crippen molar-refractivity contribution in [1.82, 2.24) is 5.32 Å². The Balaban J connectivity index is 1.31. The average molecular weight is 352 g/mol. The molecule has 0 saturated heterocycles. The predicted molar refractivity (Wildman–Crippen MR) is 104 cm³/mol. The van der Waals surface area contributed by atoms with Gasteiger partial charge in [-0.3, -0.25) is 4.79 Å². The van der Waals surface area contributed by atoms with E-state index in [0.29, 0.717) is 6.04 Å². The molecule has 2 bridgehead atoms. The van der Waals surface area contributed by atoms with Gasteiger partial charge in [-0.15, -0.1) is 11.8 Å². The Kier molecular flexibility index (Phi) is 4.85. The summed E-state index contributed by atoms with van der Waals surface area (Å²) < 4.78 is 0. The molecular formula is C22H25NOS. The van der Waals surface area contributed by atoms with Crippen molar-refractivity contribution in [2.75, 3.05) is 0 Å². The second-order valence-corrected chi connectivity index (χ2v) is 8.60. The topological polar surface area (TPSA) is 29.1 Å². The molecule has 2 aliphatic carbocycles. The van der Waals surface area contributed by atoms with Crippen LogP contribution in [0, 0.1) is 18.8 Å². The second kappa shape index (κ2) is 7.25. The van der Waals surface area contributed by atoms with Crippen molar-refractivity contribution in [3.63, 3.8) is 0 Å². The fourth-order valence-corrected chi connectivity index (χ4v) is 5.08. The van der Waals surface area contributed by atoms with Crippen LogP contribution in [0.1, 0.15) is 47.2 Å². The van der Waals surface area contributed by atoms with Gasteiger partial charge in [0.1, 0.15) is 0 Å². The van der Waals surface area contributed by atoms with Gasteiger partial charge in [-0.2, -0.15) is 0 Å². The highest BCUT2D eigenvalue weighted by Gasteiger charge is 2.40. The van der Waals surface area contributed by atoms with Crippen LogP contribution in [0.4, 0.5) is 0 Å². The first-order valence-corrected chi connectivity index (χ1v) is 10.3. The SMILES string of the molecule is Cc1ccc(SCc2ccc(C(=O)N[C@H]3C[C@H]4CC[C@@H]3C4)cc2)cc1. The molecule has 0 heterocycles. The number of rotatable bonds is 5. The molecule has 3 atom stereocenters. The standard InChI is InChI=1S/C22H25NOS/c1-15-2-10-20(11-3-15)25-14-16-4-7-18(8-5-16)22(24)23-21-13-17-6-9-19(21)12-17/h2-5,7-8,10-11,17,19,21H,6,9,12-14H2,1H3,(H,23,24)/t17-,19+,21-/m0/s1. The van der Waals surface area contributed by atoms with Gasteiger partial charge in [0.2, 0.25) is 0 Å². The highest BCUT2D eigenvalue weighted by atomic mass is 32.2. The van der Waals surface area contributed by atoms with Crippen LogP contribution in [0.2, 0.25) is 0 Å². The Bertz CT molecular complexity index is 738. The van der Waals surface area contributed by atoms with Gasteiger partial charge in [0.25, 0.3) is 5.91 Å². The van der Waals surface area contributed by atoms with E-state index in [0.717, 1.165) is 23.2 Å². The zero-order valence-electron chi connectivity index (χ0n) is 14.7. The maximum Gasteiger partial charge on any atom is 0.251 e. The number of hydrogen-bond donors (Lipinski definition) is 1. The van der Waals surface area contributed by atoms with E-state index in [1.165, 1.54) is 41.7 Å². The lowest BCUT2D eigenvalue weighted by Crippen LogP contribution is -2.38. The minimum Gasteiger partial charge on any atom is -0.349 e. The van der Waals surface area contributed by atoms with Gasteiger partial charge >= 0.3 is 0 Å². The molecule has 2 aromatic rings. The number of hydrogen-bond acceptors (Lipinski definition) is 2. The molecule has 4 rings (SSSR count). The number of fused-ring (bicyclic) bond motifs is 2. The van der Waals surface area contributed by atoms with Crippen LogP contribution >= 0.6 is 11.8 Å². The lowest BCUT2D eigenvalue weighted by molar-refractivity contribution is 0.0923. The minimum absolute atomic E-state index is 0.0929. The second-order valence-electron chi connectivity index (χ2n) is 7.55. The third-order valence-electron chi connectivity index (χ3n) is 5.70. The van der Waals surface area contributed by atoms with Gasteiger partial charge in [-0.25, -0.2) is 0 Å².